The van der Waals surface area contributed by atoms with E-state index in [1.165, 1.54) is 83.5 Å². The molecule has 0 saturated carbocycles. The first-order valence-corrected chi connectivity index (χ1v) is 9.54. The summed E-state index contributed by atoms with van der Waals surface area (Å²) in [6, 6.07) is 0. The van der Waals surface area contributed by atoms with Gasteiger partial charge in [-0.3, -0.25) is 0 Å². The molecular formula is C20H40N2. The van der Waals surface area contributed by atoms with Crippen LogP contribution in [0, 0.1) is 5.92 Å². The molecule has 0 aromatic heterocycles. The molecule has 2 nitrogen and oxygen atoms in total. The van der Waals surface area contributed by atoms with Crippen molar-refractivity contribution in [2.75, 3.05) is 13.1 Å². The number of unbranched alkanes of at least 4 members (excludes halogenated alkanes) is 10. The molecular weight excluding hydrogens is 268 g/mol. The van der Waals surface area contributed by atoms with Gasteiger partial charge >= 0.3 is 0 Å². The molecule has 22 heavy (non-hydrogen) atoms. The Morgan fingerprint density at radius 1 is 0.682 bits per heavy atom. The summed E-state index contributed by atoms with van der Waals surface area (Å²) in [5.74, 6) is 0.569. The first kappa shape index (κ1) is 21.4. The van der Waals surface area contributed by atoms with Gasteiger partial charge in [0.1, 0.15) is 0 Å². The van der Waals surface area contributed by atoms with Crippen LogP contribution in [-0.4, -0.2) is 13.1 Å². The first-order chi connectivity index (χ1) is 10.8. The number of rotatable bonds is 17. The molecule has 0 aromatic carbocycles. The average molecular weight is 309 g/mol. The third-order valence-electron chi connectivity index (χ3n) is 4.25. The van der Waals surface area contributed by atoms with Crippen LogP contribution in [0.25, 0.3) is 0 Å². The molecule has 0 spiro atoms. The minimum Gasteiger partial charge on any atom is -0.330 e. The van der Waals surface area contributed by atoms with Crippen molar-refractivity contribution in [3.05, 3.63) is 24.8 Å². The van der Waals surface area contributed by atoms with Gasteiger partial charge in [-0.15, -0.1) is 6.58 Å². The molecule has 0 heterocycles. The van der Waals surface area contributed by atoms with Gasteiger partial charge in [0.2, 0.25) is 0 Å². The number of nitrogens with two attached hydrogens (primary N) is 2. The van der Waals surface area contributed by atoms with E-state index in [9.17, 15) is 0 Å². The second kappa shape index (κ2) is 18.4. The molecule has 4 N–H and O–H groups in total. The van der Waals surface area contributed by atoms with Crippen molar-refractivity contribution in [2.45, 2.75) is 83.5 Å². The van der Waals surface area contributed by atoms with E-state index in [0.29, 0.717) is 5.92 Å². The van der Waals surface area contributed by atoms with E-state index in [4.69, 9.17) is 11.5 Å². The predicted octanol–water partition coefficient (Wildman–Crippen LogP) is 5.33. The van der Waals surface area contributed by atoms with Crippen molar-refractivity contribution in [1.29, 1.82) is 0 Å². The van der Waals surface area contributed by atoms with Gasteiger partial charge < -0.3 is 11.5 Å². The molecule has 1 unspecified atom stereocenters. The maximum Gasteiger partial charge on any atom is -0.00562 e. The zero-order valence-corrected chi connectivity index (χ0v) is 14.8. The van der Waals surface area contributed by atoms with Crippen LogP contribution in [0.5, 0.6) is 0 Å². The van der Waals surface area contributed by atoms with Gasteiger partial charge in [-0.1, -0.05) is 69.6 Å². The summed E-state index contributed by atoms with van der Waals surface area (Å²) in [7, 11) is 0. The fourth-order valence-corrected chi connectivity index (χ4v) is 2.73. The van der Waals surface area contributed by atoms with Crippen LogP contribution in [0.3, 0.4) is 0 Å². The first-order valence-electron chi connectivity index (χ1n) is 9.54. The predicted molar refractivity (Wildman–Crippen MR) is 101 cm³/mol. The summed E-state index contributed by atoms with van der Waals surface area (Å²) < 4.78 is 0. The summed E-state index contributed by atoms with van der Waals surface area (Å²) in [5, 5.41) is 0. The van der Waals surface area contributed by atoms with E-state index in [0.717, 1.165) is 13.1 Å². The summed E-state index contributed by atoms with van der Waals surface area (Å²) in [4.78, 5) is 0. The summed E-state index contributed by atoms with van der Waals surface area (Å²) >= 11 is 0. The maximum absolute atomic E-state index is 5.51. The quantitative estimate of drug-likeness (QED) is 0.282. The minimum absolute atomic E-state index is 0.569. The zero-order chi connectivity index (χ0) is 16.3. The van der Waals surface area contributed by atoms with Crippen LogP contribution in [0.15, 0.2) is 24.8 Å². The second-order valence-corrected chi connectivity index (χ2v) is 6.37. The summed E-state index contributed by atoms with van der Waals surface area (Å²) in [6.07, 6.45) is 23.6. The smallest absolute Gasteiger partial charge is 0.00562 e. The van der Waals surface area contributed by atoms with Gasteiger partial charge in [0, 0.05) is 0 Å². The highest BCUT2D eigenvalue weighted by atomic mass is 14.5. The summed E-state index contributed by atoms with van der Waals surface area (Å²) in [6.45, 7) is 5.65. The molecule has 0 saturated heterocycles. The van der Waals surface area contributed by atoms with Crippen molar-refractivity contribution >= 4 is 0 Å². The van der Waals surface area contributed by atoms with Crippen molar-refractivity contribution in [2.24, 2.45) is 17.4 Å². The van der Waals surface area contributed by atoms with E-state index in [-0.39, 0.29) is 0 Å². The number of hydrogen-bond acceptors (Lipinski definition) is 2. The minimum atomic E-state index is 0.569. The normalized spacial score (nSPS) is 12.8. The van der Waals surface area contributed by atoms with Crippen molar-refractivity contribution in [3.63, 3.8) is 0 Å². The van der Waals surface area contributed by atoms with Gasteiger partial charge in [0.05, 0.1) is 0 Å². The topological polar surface area (TPSA) is 52.0 Å². The monoisotopic (exact) mass is 308 g/mol. The third kappa shape index (κ3) is 15.8. The van der Waals surface area contributed by atoms with Crippen molar-refractivity contribution < 1.29 is 0 Å². The Kier molecular flexibility index (Phi) is 17.9. The fraction of sp³-hybridized carbons (Fsp3) is 0.800. The molecule has 0 radical (unpaired) electrons. The van der Waals surface area contributed by atoms with Crippen molar-refractivity contribution in [1.82, 2.24) is 0 Å². The second-order valence-electron chi connectivity index (χ2n) is 6.37. The average Bonchev–Trinajstić information content (AvgIpc) is 2.54. The van der Waals surface area contributed by atoms with Crippen LogP contribution in [0.4, 0.5) is 0 Å². The Balaban J connectivity index is 3.44. The van der Waals surface area contributed by atoms with Crippen LogP contribution in [0.1, 0.15) is 83.5 Å². The summed E-state index contributed by atoms with van der Waals surface area (Å²) in [5.41, 5.74) is 11.0. The lowest BCUT2D eigenvalue weighted by atomic mass is 9.99. The van der Waals surface area contributed by atoms with E-state index in [1.54, 1.807) is 0 Å². The standard InChI is InChI=1S/C20H40N2/c1-2-20(17-13-9-7-11-15-19-22)16-12-8-5-3-4-6-10-14-18-21/h2,12,16,20H,1,3-11,13-15,17-19,21-22H2. The molecule has 0 aliphatic rings. The molecule has 130 valence electrons. The number of allylic oxidation sites excluding steroid dienone is 3. The van der Waals surface area contributed by atoms with Gasteiger partial charge in [0.15, 0.2) is 0 Å². The van der Waals surface area contributed by atoms with Crippen molar-refractivity contribution in [3.8, 4) is 0 Å². The van der Waals surface area contributed by atoms with E-state index in [1.807, 2.05) is 0 Å². The lowest BCUT2D eigenvalue weighted by molar-refractivity contribution is 0.567. The molecule has 0 rings (SSSR count). The van der Waals surface area contributed by atoms with E-state index < -0.39 is 0 Å². The van der Waals surface area contributed by atoms with E-state index in [2.05, 4.69) is 24.8 Å². The van der Waals surface area contributed by atoms with Gasteiger partial charge in [-0.25, -0.2) is 0 Å². The lowest BCUT2D eigenvalue weighted by Crippen LogP contribution is -1.97. The molecule has 0 aliphatic heterocycles. The van der Waals surface area contributed by atoms with Gasteiger partial charge in [0.25, 0.3) is 0 Å². The molecule has 1 atom stereocenters. The van der Waals surface area contributed by atoms with E-state index >= 15 is 0 Å². The maximum atomic E-state index is 5.51. The Bertz CT molecular complexity index is 248. The molecule has 0 aromatic rings. The number of hydrogen-bond donors (Lipinski definition) is 2. The molecule has 0 amide bonds. The van der Waals surface area contributed by atoms with Gasteiger partial charge in [-0.05, 0) is 51.1 Å². The van der Waals surface area contributed by atoms with Crippen LogP contribution < -0.4 is 11.5 Å². The van der Waals surface area contributed by atoms with Crippen LogP contribution in [0.2, 0.25) is 0 Å². The largest absolute Gasteiger partial charge is 0.330 e. The lowest BCUT2D eigenvalue weighted by Gasteiger charge is -2.07. The Morgan fingerprint density at radius 2 is 1.18 bits per heavy atom. The highest BCUT2D eigenvalue weighted by Crippen LogP contribution is 2.15. The molecule has 0 aliphatic carbocycles. The molecule has 2 heteroatoms. The van der Waals surface area contributed by atoms with Gasteiger partial charge in [-0.2, -0.15) is 0 Å². The molecule has 0 bridgehead atoms. The highest BCUT2D eigenvalue weighted by Gasteiger charge is 1.99. The fourth-order valence-electron chi connectivity index (χ4n) is 2.73. The SMILES string of the molecule is C=CC(C=CCCCCCCCCN)CCCCCCCN. The zero-order valence-electron chi connectivity index (χ0n) is 14.8. The van der Waals surface area contributed by atoms with Crippen LogP contribution >= 0.6 is 0 Å². The molecule has 0 fully saturated rings. The van der Waals surface area contributed by atoms with Crippen LogP contribution in [-0.2, 0) is 0 Å². The highest BCUT2D eigenvalue weighted by molar-refractivity contribution is 4.96. The Morgan fingerprint density at radius 3 is 1.73 bits per heavy atom. The Labute approximate surface area is 139 Å². The Hall–Kier alpha value is -0.600. The third-order valence-corrected chi connectivity index (χ3v) is 4.25.